The minimum Gasteiger partial charge on any atom is -0.301 e. The second-order valence-corrected chi connectivity index (χ2v) is 11.0. The Morgan fingerprint density at radius 1 is 1.16 bits per heavy atom. The predicted octanol–water partition coefficient (Wildman–Crippen LogP) is 5.06. The van der Waals surface area contributed by atoms with Gasteiger partial charge in [0.2, 0.25) is 15.7 Å². The van der Waals surface area contributed by atoms with Crippen molar-refractivity contribution in [2.45, 2.75) is 14.9 Å². The molecule has 162 valence electrons. The van der Waals surface area contributed by atoms with Gasteiger partial charge in [-0.15, -0.1) is 11.8 Å². The first-order chi connectivity index (χ1) is 14.7. The molecule has 0 atom stereocenters. The van der Waals surface area contributed by atoms with Gasteiger partial charge in [-0.2, -0.15) is 0 Å². The minimum absolute atomic E-state index is 0.0832. The molecule has 1 heterocycles. The number of nitro groups is 1. The van der Waals surface area contributed by atoms with E-state index in [1.165, 1.54) is 11.8 Å². The largest absolute Gasteiger partial charge is 0.301 e. The number of anilines is 1. The molecule has 13 heteroatoms. The van der Waals surface area contributed by atoms with Crippen molar-refractivity contribution in [2.24, 2.45) is 0 Å². The Labute approximate surface area is 195 Å². The maximum absolute atomic E-state index is 12.7. The molecule has 8 nitrogen and oxygen atoms in total. The van der Waals surface area contributed by atoms with E-state index in [1.54, 1.807) is 12.1 Å². The molecule has 0 aliphatic heterocycles. The lowest BCUT2D eigenvalue weighted by molar-refractivity contribution is -0.384. The third kappa shape index (κ3) is 5.95. The highest BCUT2D eigenvalue weighted by atomic mass is 35.5. The van der Waals surface area contributed by atoms with E-state index in [1.807, 2.05) is 6.07 Å². The normalized spacial score (nSPS) is 11.3. The number of halogens is 2. The number of hydrogen-bond acceptors (Lipinski definition) is 8. The van der Waals surface area contributed by atoms with Crippen molar-refractivity contribution in [2.75, 3.05) is 11.1 Å². The van der Waals surface area contributed by atoms with Gasteiger partial charge in [0, 0.05) is 17.9 Å². The number of nitro benzene ring substituents is 1. The van der Waals surface area contributed by atoms with Gasteiger partial charge in [-0.1, -0.05) is 40.6 Å². The zero-order chi connectivity index (χ0) is 22.6. The van der Waals surface area contributed by atoms with Crippen LogP contribution in [0.3, 0.4) is 0 Å². The predicted molar refractivity (Wildman–Crippen MR) is 122 cm³/mol. The number of nitrogens with zero attached hydrogens (tertiary/aromatic N) is 2. The monoisotopic (exact) mass is 517 g/mol. The molecule has 0 radical (unpaired) electrons. The highest BCUT2D eigenvalue weighted by Crippen LogP contribution is 2.30. The van der Waals surface area contributed by atoms with E-state index in [0.717, 1.165) is 47.4 Å². The number of hydrogen-bond donors (Lipinski definition) is 1. The van der Waals surface area contributed by atoms with Crippen LogP contribution in [0.15, 0.2) is 57.8 Å². The van der Waals surface area contributed by atoms with Crippen LogP contribution in [0.1, 0.15) is 5.56 Å². The number of carbonyl (C=O) groups excluding carboxylic acids is 1. The Bertz CT molecular complexity index is 1230. The van der Waals surface area contributed by atoms with Crippen LogP contribution in [0, 0.1) is 10.1 Å². The van der Waals surface area contributed by atoms with Crippen LogP contribution in [-0.4, -0.2) is 30.0 Å². The van der Waals surface area contributed by atoms with Crippen LogP contribution >= 0.6 is 46.3 Å². The SMILES string of the molecule is O=C(CSCc1ccc(Cl)c(Cl)c1)Nc1ncc(S(=O)(=O)c2ccc([N+](=O)[O-])cc2)s1. The van der Waals surface area contributed by atoms with Crippen LogP contribution in [-0.2, 0) is 20.4 Å². The molecule has 0 bridgehead atoms. The lowest BCUT2D eigenvalue weighted by Crippen LogP contribution is -2.13. The third-order valence-corrected chi connectivity index (χ3v) is 8.73. The lowest BCUT2D eigenvalue weighted by Gasteiger charge is -2.04. The van der Waals surface area contributed by atoms with E-state index < -0.39 is 14.8 Å². The maximum Gasteiger partial charge on any atom is 0.269 e. The van der Waals surface area contributed by atoms with Crippen molar-refractivity contribution < 1.29 is 18.1 Å². The zero-order valence-electron chi connectivity index (χ0n) is 15.4. The van der Waals surface area contributed by atoms with E-state index in [4.69, 9.17) is 23.2 Å². The zero-order valence-corrected chi connectivity index (χ0v) is 19.4. The van der Waals surface area contributed by atoms with Crippen molar-refractivity contribution in [1.82, 2.24) is 4.98 Å². The first kappa shape index (κ1) is 23.5. The van der Waals surface area contributed by atoms with Gasteiger partial charge in [0.15, 0.2) is 5.13 Å². The van der Waals surface area contributed by atoms with Crippen molar-refractivity contribution in [1.29, 1.82) is 0 Å². The number of thioether (sulfide) groups is 1. The maximum atomic E-state index is 12.7. The number of benzene rings is 2. The number of amides is 1. The number of non-ortho nitro benzene ring substituents is 1. The van der Waals surface area contributed by atoms with E-state index in [0.29, 0.717) is 15.8 Å². The summed E-state index contributed by atoms with van der Waals surface area (Å²) in [5, 5.41) is 14.3. The Morgan fingerprint density at radius 2 is 1.87 bits per heavy atom. The Balaban J connectivity index is 1.58. The summed E-state index contributed by atoms with van der Waals surface area (Å²) >= 11 is 14.0. The molecular weight excluding hydrogens is 505 g/mol. The fraction of sp³-hybridized carbons (Fsp3) is 0.111. The molecule has 0 aliphatic carbocycles. The van der Waals surface area contributed by atoms with Gasteiger partial charge in [0.05, 0.1) is 31.8 Å². The highest BCUT2D eigenvalue weighted by Gasteiger charge is 2.22. The number of carbonyl (C=O) groups is 1. The molecule has 31 heavy (non-hydrogen) atoms. The fourth-order valence-electron chi connectivity index (χ4n) is 2.35. The van der Waals surface area contributed by atoms with Gasteiger partial charge in [0.25, 0.3) is 5.69 Å². The fourth-order valence-corrected chi connectivity index (χ4v) is 5.90. The Morgan fingerprint density at radius 3 is 2.52 bits per heavy atom. The summed E-state index contributed by atoms with van der Waals surface area (Å²) in [5.74, 6) is 0.338. The molecule has 3 rings (SSSR count). The summed E-state index contributed by atoms with van der Waals surface area (Å²) in [4.78, 5) is 26.1. The standard InChI is InChI=1S/C18H13Cl2N3O5S3/c19-14-6-1-11(7-15(14)20)9-29-10-16(24)22-18-21-8-17(30-18)31(27,28)13-4-2-12(3-5-13)23(25)26/h1-8H,9-10H2,(H,21,22,24). The molecule has 0 saturated carbocycles. The molecule has 1 aromatic heterocycles. The van der Waals surface area contributed by atoms with Crippen LogP contribution in [0.5, 0.6) is 0 Å². The number of thiazole rings is 1. The molecule has 0 spiro atoms. The Kier molecular flexibility index (Phi) is 7.55. The minimum atomic E-state index is -3.90. The molecular formula is C18H13Cl2N3O5S3. The lowest BCUT2D eigenvalue weighted by atomic mass is 10.2. The van der Waals surface area contributed by atoms with Crippen LogP contribution in [0.2, 0.25) is 10.0 Å². The van der Waals surface area contributed by atoms with Crippen molar-refractivity contribution in [3.8, 4) is 0 Å². The summed E-state index contributed by atoms with van der Waals surface area (Å²) in [6, 6.07) is 9.77. The summed E-state index contributed by atoms with van der Waals surface area (Å²) in [6.07, 6.45) is 1.14. The molecule has 3 aromatic rings. The molecule has 0 aliphatic rings. The second kappa shape index (κ2) is 9.96. The van der Waals surface area contributed by atoms with Crippen molar-refractivity contribution >= 4 is 72.9 Å². The topological polar surface area (TPSA) is 119 Å². The van der Waals surface area contributed by atoms with Gasteiger partial charge < -0.3 is 5.32 Å². The van der Waals surface area contributed by atoms with Gasteiger partial charge >= 0.3 is 0 Å². The molecule has 1 amide bonds. The summed E-state index contributed by atoms with van der Waals surface area (Å²) in [5.41, 5.74) is 0.701. The van der Waals surface area contributed by atoms with Gasteiger partial charge in [-0.25, -0.2) is 13.4 Å². The molecule has 0 unspecified atom stereocenters. The first-order valence-electron chi connectivity index (χ1n) is 8.44. The quantitative estimate of drug-likeness (QED) is 0.327. The average Bonchev–Trinajstić information content (AvgIpc) is 3.20. The summed E-state index contributed by atoms with van der Waals surface area (Å²) < 4.78 is 25.2. The number of nitrogens with one attached hydrogen (secondary N) is 1. The van der Waals surface area contributed by atoms with Gasteiger partial charge in [-0.05, 0) is 29.8 Å². The third-order valence-electron chi connectivity index (χ3n) is 3.84. The van der Waals surface area contributed by atoms with Gasteiger partial charge in [0.1, 0.15) is 4.21 Å². The van der Waals surface area contributed by atoms with E-state index >= 15 is 0 Å². The van der Waals surface area contributed by atoms with Crippen LogP contribution in [0.25, 0.3) is 0 Å². The number of aromatic nitrogens is 1. The summed E-state index contributed by atoms with van der Waals surface area (Å²) in [6.45, 7) is 0. The Hall–Kier alpha value is -2.18. The number of rotatable bonds is 8. The smallest absolute Gasteiger partial charge is 0.269 e. The first-order valence-corrected chi connectivity index (χ1v) is 12.6. The molecule has 2 aromatic carbocycles. The molecule has 1 N–H and O–H groups in total. The number of sulfone groups is 1. The van der Waals surface area contributed by atoms with Crippen molar-refractivity contribution in [3.63, 3.8) is 0 Å². The molecule has 0 saturated heterocycles. The van der Waals surface area contributed by atoms with E-state index in [9.17, 15) is 23.3 Å². The second-order valence-electron chi connectivity index (χ2n) is 6.03. The highest BCUT2D eigenvalue weighted by molar-refractivity contribution is 7.99. The average molecular weight is 518 g/mol. The van der Waals surface area contributed by atoms with Crippen LogP contribution < -0.4 is 5.32 Å². The van der Waals surface area contributed by atoms with E-state index in [2.05, 4.69) is 10.3 Å². The van der Waals surface area contributed by atoms with Crippen LogP contribution in [0.4, 0.5) is 10.8 Å². The van der Waals surface area contributed by atoms with Crippen molar-refractivity contribution in [3.05, 3.63) is 74.4 Å². The molecule has 0 fully saturated rings. The van der Waals surface area contributed by atoms with Gasteiger partial charge in [-0.3, -0.25) is 14.9 Å². The van der Waals surface area contributed by atoms with E-state index in [-0.39, 0.29) is 31.6 Å². The summed E-state index contributed by atoms with van der Waals surface area (Å²) in [7, 11) is -3.90.